The fourth-order valence-corrected chi connectivity index (χ4v) is 2.45. The van der Waals surface area contributed by atoms with Gasteiger partial charge >= 0.3 is 0 Å². The SMILES string of the molecule is COc1cc(CN(C)Cc2ccccc2F)ccc1OC(C)C. The molecule has 0 N–H and O–H groups in total. The van der Waals surface area contributed by atoms with Crippen LogP contribution in [-0.4, -0.2) is 25.2 Å². The topological polar surface area (TPSA) is 21.7 Å². The second kappa shape index (κ2) is 7.97. The van der Waals surface area contributed by atoms with Crippen LogP contribution in [0.1, 0.15) is 25.0 Å². The fourth-order valence-electron chi connectivity index (χ4n) is 2.45. The van der Waals surface area contributed by atoms with Crippen LogP contribution >= 0.6 is 0 Å². The van der Waals surface area contributed by atoms with Crippen molar-refractivity contribution in [3.63, 3.8) is 0 Å². The maximum Gasteiger partial charge on any atom is 0.161 e. The molecule has 2 aromatic rings. The number of ether oxygens (including phenoxy) is 2. The van der Waals surface area contributed by atoms with Gasteiger partial charge in [-0.25, -0.2) is 4.39 Å². The second-order valence-electron chi connectivity index (χ2n) is 5.92. The molecule has 0 saturated carbocycles. The Morgan fingerprint density at radius 1 is 1.04 bits per heavy atom. The summed E-state index contributed by atoms with van der Waals surface area (Å²) in [4.78, 5) is 2.07. The van der Waals surface area contributed by atoms with Crippen LogP contribution in [0.2, 0.25) is 0 Å². The zero-order chi connectivity index (χ0) is 16.8. The highest BCUT2D eigenvalue weighted by Crippen LogP contribution is 2.29. The highest BCUT2D eigenvalue weighted by atomic mass is 19.1. The van der Waals surface area contributed by atoms with Crippen molar-refractivity contribution >= 4 is 0 Å². The van der Waals surface area contributed by atoms with Gasteiger partial charge in [0.1, 0.15) is 5.82 Å². The second-order valence-corrected chi connectivity index (χ2v) is 5.92. The minimum atomic E-state index is -0.169. The summed E-state index contributed by atoms with van der Waals surface area (Å²) in [6.07, 6.45) is 0.0958. The van der Waals surface area contributed by atoms with E-state index in [1.807, 2.05) is 51.2 Å². The molecule has 2 aromatic carbocycles. The molecule has 4 heteroatoms. The van der Waals surface area contributed by atoms with Crippen LogP contribution in [0.5, 0.6) is 11.5 Å². The van der Waals surface area contributed by atoms with Gasteiger partial charge in [0.15, 0.2) is 11.5 Å². The molecule has 0 aliphatic carbocycles. The van der Waals surface area contributed by atoms with Crippen LogP contribution < -0.4 is 9.47 Å². The highest BCUT2D eigenvalue weighted by molar-refractivity contribution is 5.43. The third-order valence-electron chi connectivity index (χ3n) is 3.44. The molecule has 0 radical (unpaired) electrons. The van der Waals surface area contributed by atoms with Gasteiger partial charge in [-0.15, -0.1) is 0 Å². The number of halogens is 1. The standard InChI is InChI=1S/C19H24FNO2/c1-14(2)23-18-10-9-15(11-19(18)22-4)12-21(3)13-16-7-5-6-8-17(16)20/h5-11,14H,12-13H2,1-4H3. The Morgan fingerprint density at radius 2 is 1.78 bits per heavy atom. The van der Waals surface area contributed by atoms with Gasteiger partial charge in [0.25, 0.3) is 0 Å². The molecule has 0 bridgehead atoms. The van der Waals surface area contributed by atoms with Crippen molar-refractivity contribution in [3.05, 3.63) is 59.4 Å². The lowest BCUT2D eigenvalue weighted by atomic mass is 10.1. The lowest BCUT2D eigenvalue weighted by molar-refractivity contribution is 0.229. The molecule has 3 nitrogen and oxygen atoms in total. The Hall–Kier alpha value is -2.07. The summed E-state index contributed by atoms with van der Waals surface area (Å²) in [5, 5.41) is 0. The molecule has 0 heterocycles. The average Bonchev–Trinajstić information content (AvgIpc) is 2.50. The van der Waals surface area contributed by atoms with E-state index in [-0.39, 0.29) is 11.9 Å². The monoisotopic (exact) mass is 317 g/mol. The number of methoxy groups -OCH3 is 1. The minimum Gasteiger partial charge on any atom is -0.493 e. The molecule has 23 heavy (non-hydrogen) atoms. The van der Waals surface area contributed by atoms with Crippen molar-refractivity contribution in [1.29, 1.82) is 0 Å². The summed E-state index contributed by atoms with van der Waals surface area (Å²) in [7, 11) is 3.60. The molecular formula is C19H24FNO2. The van der Waals surface area contributed by atoms with E-state index in [2.05, 4.69) is 4.90 Å². The maximum atomic E-state index is 13.7. The summed E-state index contributed by atoms with van der Waals surface area (Å²) in [6.45, 7) is 5.22. The first kappa shape index (κ1) is 17.3. The molecule has 0 aromatic heterocycles. The summed E-state index contributed by atoms with van der Waals surface area (Å²) >= 11 is 0. The van der Waals surface area contributed by atoms with Gasteiger partial charge in [0, 0.05) is 18.7 Å². The molecule has 0 atom stereocenters. The van der Waals surface area contributed by atoms with Gasteiger partial charge in [-0.05, 0) is 44.7 Å². The summed E-state index contributed by atoms with van der Waals surface area (Å²) < 4.78 is 24.8. The minimum absolute atomic E-state index is 0.0958. The maximum absolute atomic E-state index is 13.7. The van der Waals surface area contributed by atoms with Crippen molar-refractivity contribution in [1.82, 2.24) is 4.90 Å². The Kier molecular flexibility index (Phi) is 5.99. The fraction of sp³-hybridized carbons (Fsp3) is 0.368. The number of benzene rings is 2. The van der Waals surface area contributed by atoms with E-state index in [0.29, 0.717) is 18.7 Å². The van der Waals surface area contributed by atoms with E-state index in [4.69, 9.17) is 9.47 Å². The number of hydrogen-bond acceptors (Lipinski definition) is 3. The van der Waals surface area contributed by atoms with Crippen LogP contribution in [0.25, 0.3) is 0 Å². The van der Waals surface area contributed by atoms with E-state index in [9.17, 15) is 4.39 Å². The molecule has 124 valence electrons. The predicted molar refractivity (Wildman–Crippen MR) is 90.3 cm³/mol. The van der Waals surface area contributed by atoms with Crippen LogP contribution in [0.3, 0.4) is 0 Å². The first-order chi connectivity index (χ1) is 11.0. The Bertz CT molecular complexity index is 643. The normalized spacial score (nSPS) is 11.1. The van der Waals surface area contributed by atoms with Crippen LogP contribution in [-0.2, 0) is 13.1 Å². The largest absolute Gasteiger partial charge is 0.493 e. The van der Waals surface area contributed by atoms with E-state index in [0.717, 1.165) is 17.1 Å². The average molecular weight is 317 g/mol. The van der Waals surface area contributed by atoms with E-state index >= 15 is 0 Å². The third kappa shape index (κ3) is 4.96. The van der Waals surface area contributed by atoms with Crippen molar-refractivity contribution in [3.8, 4) is 11.5 Å². The highest BCUT2D eigenvalue weighted by Gasteiger charge is 2.10. The van der Waals surface area contributed by atoms with Gasteiger partial charge < -0.3 is 9.47 Å². The lowest BCUT2D eigenvalue weighted by Crippen LogP contribution is -2.18. The Morgan fingerprint density at radius 3 is 2.43 bits per heavy atom. The first-order valence-electron chi connectivity index (χ1n) is 7.75. The van der Waals surface area contributed by atoms with Crippen LogP contribution in [0.4, 0.5) is 4.39 Å². The molecule has 0 amide bonds. The Labute approximate surface area is 137 Å². The van der Waals surface area contributed by atoms with Crippen LogP contribution in [0.15, 0.2) is 42.5 Å². The van der Waals surface area contributed by atoms with Gasteiger partial charge in [-0.1, -0.05) is 24.3 Å². The molecule has 2 rings (SSSR count). The van der Waals surface area contributed by atoms with Gasteiger partial charge in [-0.3, -0.25) is 4.90 Å². The van der Waals surface area contributed by atoms with Crippen molar-refractivity contribution in [2.24, 2.45) is 0 Å². The molecule has 0 fully saturated rings. The van der Waals surface area contributed by atoms with Crippen molar-refractivity contribution in [2.45, 2.75) is 33.0 Å². The zero-order valence-electron chi connectivity index (χ0n) is 14.2. The molecule has 0 saturated heterocycles. The van der Waals surface area contributed by atoms with E-state index in [1.54, 1.807) is 13.2 Å². The summed E-state index contributed by atoms with van der Waals surface area (Å²) in [5.74, 6) is 1.29. The van der Waals surface area contributed by atoms with Crippen molar-refractivity contribution in [2.75, 3.05) is 14.2 Å². The number of rotatable bonds is 7. The predicted octanol–water partition coefficient (Wildman–Crippen LogP) is 4.25. The Balaban J connectivity index is 2.06. The third-order valence-corrected chi connectivity index (χ3v) is 3.44. The van der Waals surface area contributed by atoms with Crippen molar-refractivity contribution < 1.29 is 13.9 Å². The molecule has 0 aliphatic rings. The van der Waals surface area contributed by atoms with Crippen LogP contribution in [0, 0.1) is 5.82 Å². The van der Waals surface area contributed by atoms with Gasteiger partial charge in [-0.2, -0.15) is 0 Å². The van der Waals surface area contributed by atoms with E-state index < -0.39 is 0 Å². The van der Waals surface area contributed by atoms with Gasteiger partial charge in [0.2, 0.25) is 0 Å². The zero-order valence-corrected chi connectivity index (χ0v) is 14.2. The lowest BCUT2D eigenvalue weighted by Gasteiger charge is -2.19. The molecule has 0 spiro atoms. The van der Waals surface area contributed by atoms with E-state index in [1.165, 1.54) is 6.07 Å². The first-order valence-corrected chi connectivity index (χ1v) is 7.75. The number of hydrogen-bond donors (Lipinski definition) is 0. The number of nitrogens with zero attached hydrogens (tertiary/aromatic N) is 1. The quantitative estimate of drug-likeness (QED) is 0.762. The smallest absolute Gasteiger partial charge is 0.161 e. The molecular weight excluding hydrogens is 293 g/mol. The molecule has 0 aliphatic heterocycles. The summed E-state index contributed by atoms with van der Waals surface area (Å²) in [6, 6.07) is 12.8. The summed E-state index contributed by atoms with van der Waals surface area (Å²) in [5.41, 5.74) is 1.79. The molecule has 0 unspecified atom stereocenters. The van der Waals surface area contributed by atoms with Gasteiger partial charge in [0.05, 0.1) is 13.2 Å².